The molecule has 27 heavy (non-hydrogen) atoms. The van der Waals surface area contributed by atoms with Gasteiger partial charge in [0.05, 0.1) is 18.5 Å². The molecule has 0 bridgehead atoms. The summed E-state index contributed by atoms with van der Waals surface area (Å²) in [5.74, 6) is 0.721. The van der Waals surface area contributed by atoms with Crippen LogP contribution in [0.5, 0.6) is 5.75 Å². The molecule has 1 N–H and O–H groups in total. The van der Waals surface area contributed by atoms with Crippen molar-refractivity contribution in [3.05, 3.63) is 35.5 Å². The number of amides is 1. The maximum atomic E-state index is 12.7. The minimum atomic E-state index is -0.0863. The number of nitrogens with one attached hydrogen (secondary N) is 1. The van der Waals surface area contributed by atoms with Crippen molar-refractivity contribution in [2.45, 2.75) is 19.8 Å². The Hall–Kier alpha value is -2.74. The third-order valence-electron chi connectivity index (χ3n) is 4.81. The Balaban J connectivity index is 1.56. The summed E-state index contributed by atoms with van der Waals surface area (Å²) in [4.78, 5) is 19.4. The monoisotopic (exact) mass is 383 g/mol. The molecule has 2 aromatic heterocycles. The number of pyridine rings is 1. The highest BCUT2D eigenvalue weighted by molar-refractivity contribution is 7.15. The number of benzene rings is 1. The molecular weight excluding hydrogens is 362 g/mol. The minimum Gasteiger partial charge on any atom is -0.497 e. The molecule has 1 fully saturated rings. The molecule has 7 nitrogen and oxygen atoms in total. The maximum Gasteiger partial charge on any atom is 0.231 e. The highest BCUT2D eigenvalue weighted by Crippen LogP contribution is 2.32. The van der Waals surface area contributed by atoms with Crippen molar-refractivity contribution in [3.8, 4) is 5.75 Å². The van der Waals surface area contributed by atoms with Gasteiger partial charge in [0.1, 0.15) is 10.8 Å². The van der Waals surface area contributed by atoms with Crippen LogP contribution in [0.4, 0.5) is 10.8 Å². The summed E-state index contributed by atoms with van der Waals surface area (Å²) in [6.45, 7) is 3.45. The summed E-state index contributed by atoms with van der Waals surface area (Å²) >= 11 is 1.39. The molecule has 0 saturated carbocycles. The van der Waals surface area contributed by atoms with E-state index in [-0.39, 0.29) is 11.8 Å². The number of methoxy groups -OCH3 is 1. The molecule has 4 rings (SSSR count). The highest BCUT2D eigenvalue weighted by Gasteiger charge is 2.27. The Kier molecular flexibility index (Phi) is 4.89. The van der Waals surface area contributed by atoms with E-state index in [1.807, 2.05) is 37.4 Å². The van der Waals surface area contributed by atoms with Gasteiger partial charge in [-0.15, -0.1) is 10.2 Å². The van der Waals surface area contributed by atoms with Crippen LogP contribution in [0.1, 0.15) is 17.8 Å². The SMILES string of the molecule is COc1ccc2nccc(N3CCCC(C(=O)Nc4nnc(C)s4)C3)c2c1. The van der Waals surface area contributed by atoms with Crippen LogP contribution in [0, 0.1) is 12.8 Å². The smallest absolute Gasteiger partial charge is 0.231 e. The van der Waals surface area contributed by atoms with Gasteiger partial charge in [0.2, 0.25) is 11.0 Å². The van der Waals surface area contributed by atoms with Gasteiger partial charge in [0.15, 0.2) is 0 Å². The topological polar surface area (TPSA) is 80.2 Å². The van der Waals surface area contributed by atoms with Crippen LogP contribution in [-0.4, -0.2) is 41.3 Å². The standard InChI is InChI=1S/C19H21N5O2S/c1-12-22-23-19(27-12)21-18(25)13-4-3-9-24(11-13)17-7-8-20-16-6-5-14(26-2)10-15(16)17/h5-8,10,13H,3-4,9,11H2,1-2H3,(H,21,23,25). The molecule has 140 valence electrons. The van der Waals surface area contributed by atoms with Crippen molar-refractivity contribution >= 4 is 39.0 Å². The van der Waals surface area contributed by atoms with Crippen molar-refractivity contribution in [1.82, 2.24) is 15.2 Å². The number of piperidine rings is 1. The number of rotatable bonds is 4. The molecule has 0 aliphatic carbocycles. The number of hydrogen-bond acceptors (Lipinski definition) is 7. The van der Waals surface area contributed by atoms with E-state index < -0.39 is 0 Å². The summed E-state index contributed by atoms with van der Waals surface area (Å²) in [6, 6.07) is 7.89. The molecule has 1 atom stereocenters. The number of carbonyl (C=O) groups excluding carboxylic acids is 1. The first-order valence-electron chi connectivity index (χ1n) is 8.93. The van der Waals surface area contributed by atoms with Crippen LogP contribution in [0.15, 0.2) is 30.5 Å². The molecular formula is C19H21N5O2S. The molecule has 1 aliphatic rings. The summed E-state index contributed by atoms with van der Waals surface area (Å²) in [6.07, 6.45) is 3.64. The van der Waals surface area contributed by atoms with Gasteiger partial charge >= 0.3 is 0 Å². The normalized spacial score (nSPS) is 17.1. The van der Waals surface area contributed by atoms with Gasteiger partial charge < -0.3 is 15.0 Å². The predicted molar refractivity (Wildman–Crippen MR) is 107 cm³/mol. The number of anilines is 2. The quantitative estimate of drug-likeness (QED) is 0.745. The number of hydrogen-bond donors (Lipinski definition) is 1. The van der Waals surface area contributed by atoms with Crippen LogP contribution >= 0.6 is 11.3 Å². The number of aromatic nitrogens is 3. The van der Waals surface area contributed by atoms with E-state index in [0.717, 1.165) is 46.7 Å². The molecule has 1 amide bonds. The van der Waals surface area contributed by atoms with Gasteiger partial charge in [-0.3, -0.25) is 9.78 Å². The molecule has 1 aliphatic heterocycles. The lowest BCUT2D eigenvalue weighted by atomic mass is 9.96. The van der Waals surface area contributed by atoms with E-state index >= 15 is 0 Å². The van der Waals surface area contributed by atoms with Crippen molar-refractivity contribution in [3.63, 3.8) is 0 Å². The average molecular weight is 383 g/mol. The van der Waals surface area contributed by atoms with Crippen molar-refractivity contribution in [2.24, 2.45) is 5.92 Å². The molecule has 3 aromatic rings. The average Bonchev–Trinajstić information content (AvgIpc) is 3.11. The Labute approximate surface area is 161 Å². The Morgan fingerprint density at radius 1 is 1.33 bits per heavy atom. The van der Waals surface area contributed by atoms with Gasteiger partial charge in [-0.05, 0) is 44.0 Å². The van der Waals surface area contributed by atoms with Gasteiger partial charge in [-0.2, -0.15) is 0 Å². The van der Waals surface area contributed by atoms with Crippen LogP contribution in [0.25, 0.3) is 10.9 Å². The predicted octanol–water partition coefficient (Wildman–Crippen LogP) is 3.26. The minimum absolute atomic E-state index is 0.00629. The Morgan fingerprint density at radius 2 is 2.22 bits per heavy atom. The fraction of sp³-hybridized carbons (Fsp3) is 0.368. The lowest BCUT2D eigenvalue weighted by molar-refractivity contribution is -0.120. The number of carbonyl (C=O) groups is 1. The third-order valence-corrected chi connectivity index (χ3v) is 5.57. The van der Waals surface area contributed by atoms with Gasteiger partial charge in [0.25, 0.3) is 0 Å². The summed E-state index contributed by atoms with van der Waals surface area (Å²) in [5, 5.41) is 13.3. The second-order valence-electron chi connectivity index (χ2n) is 6.61. The van der Waals surface area contributed by atoms with Crippen LogP contribution in [0.2, 0.25) is 0 Å². The number of nitrogens with zero attached hydrogens (tertiary/aromatic N) is 4. The summed E-state index contributed by atoms with van der Waals surface area (Å²) < 4.78 is 5.37. The number of fused-ring (bicyclic) bond motifs is 1. The van der Waals surface area contributed by atoms with E-state index in [1.54, 1.807) is 7.11 Å². The lowest BCUT2D eigenvalue weighted by Gasteiger charge is -2.34. The van der Waals surface area contributed by atoms with Crippen LogP contribution in [0.3, 0.4) is 0 Å². The maximum absolute atomic E-state index is 12.7. The summed E-state index contributed by atoms with van der Waals surface area (Å²) in [5.41, 5.74) is 2.01. The molecule has 0 spiro atoms. The fourth-order valence-electron chi connectivity index (χ4n) is 3.48. The first-order chi connectivity index (χ1) is 13.1. The highest BCUT2D eigenvalue weighted by atomic mass is 32.1. The zero-order chi connectivity index (χ0) is 18.8. The van der Waals surface area contributed by atoms with Crippen molar-refractivity contribution < 1.29 is 9.53 Å². The fourth-order valence-corrected chi connectivity index (χ4v) is 4.07. The number of ether oxygens (including phenoxy) is 1. The first kappa shape index (κ1) is 17.7. The molecule has 1 aromatic carbocycles. The second kappa shape index (κ2) is 7.48. The molecule has 0 radical (unpaired) electrons. The molecule has 3 heterocycles. The van der Waals surface area contributed by atoms with Crippen molar-refractivity contribution in [2.75, 3.05) is 30.4 Å². The first-order valence-corrected chi connectivity index (χ1v) is 9.74. The largest absolute Gasteiger partial charge is 0.497 e. The number of aryl methyl sites for hydroxylation is 1. The zero-order valence-electron chi connectivity index (χ0n) is 15.3. The molecule has 1 unspecified atom stereocenters. The van der Waals surface area contributed by atoms with Crippen LogP contribution < -0.4 is 15.0 Å². The van der Waals surface area contributed by atoms with Crippen molar-refractivity contribution in [1.29, 1.82) is 0 Å². The Morgan fingerprint density at radius 3 is 3.00 bits per heavy atom. The van der Waals surface area contributed by atoms with E-state index in [1.165, 1.54) is 11.3 Å². The van der Waals surface area contributed by atoms with E-state index in [0.29, 0.717) is 11.7 Å². The van der Waals surface area contributed by atoms with Crippen LogP contribution in [-0.2, 0) is 4.79 Å². The van der Waals surface area contributed by atoms with Gasteiger partial charge in [0, 0.05) is 30.4 Å². The van der Waals surface area contributed by atoms with E-state index in [4.69, 9.17) is 4.74 Å². The molecule has 1 saturated heterocycles. The van der Waals surface area contributed by atoms with E-state index in [9.17, 15) is 4.79 Å². The lowest BCUT2D eigenvalue weighted by Crippen LogP contribution is -2.40. The Bertz CT molecular complexity index is 974. The van der Waals surface area contributed by atoms with Gasteiger partial charge in [-0.1, -0.05) is 11.3 Å². The van der Waals surface area contributed by atoms with E-state index in [2.05, 4.69) is 25.4 Å². The zero-order valence-corrected chi connectivity index (χ0v) is 16.1. The third kappa shape index (κ3) is 3.71. The second-order valence-corrected chi connectivity index (χ2v) is 7.80. The summed E-state index contributed by atoms with van der Waals surface area (Å²) in [7, 11) is 1.66. The van der Waals surface area contributed by atoms with Gasteiger partial charge in [-0.25, -0.2) is 0 Å². The molecule has 8 heteroatoms.